The Hall–Kier alpha value is -0.660. The largest absolute Gasteiger partial charge is 0.506 e. The first-order valence-electron chi connectivity index (χ1n) is 6.76. The second-order valence-electron chi connectivity index (χ2n) is 4.33. The lowest BCUT2D eigenvalue weighted by Gasteiger charge is -1.99. The summed E-state index contributed by atoms with van der Waals surface area (Å²) < 4.78 is 5.06. The summed E-state index contributed by atoms with van der Waals surface area (Å²) in [5.74, 6) is 1.47. The van der Waals surface area contributed by atoms with Gasteiger partial charge in [0.2, 0.25) is 0 Å². The third-order valence-corrected chi connectivity index (χ3v) is 5.83. The quantitative estimate of drug-likeness (QED) is 0.117. The van der Waals surface area contributed by atoms with Crippen LogP contribution in [-0.4, -0.2) is 32.1 Å². The van der Waals surface area contributed by atoms with Crippen molar-refractivity contribution in [1.29, 1.82) is 0 Å². The fraction of sp³-hybridized carbons (Fsp3) is 0.333. The second kappa shape index (κ2) is 11.1. The van der Waals surface area contributed by atoms with Gasteiger partial charge in [-0.05, 0) is 18.9 Å². The van der Waals surface area contributed by atoms with Gasteiger partial charge in [0.1, 0.15) is 11.4 Å². The smallest absolute Gasteiger partial charge is 0.252 e. The molecule has 1 aromatic carbocycles. The molecular weight excluding hydrogens is 431 g/mol. The van der Waals surface area contributed by atoms with E-state index in [1.165, 1.54) is 23.5 Å². The predicted molar refractivity (Wildman–Crippen MR) is 99.4 cm³/mol. The average molecular weight is 443 g/mol. The fourth-order valence-corrected chi connectivity index (χ4v) is 4.00. The van der Waals surface area contributed by atoms with Crippen LogP contribution in [0.2, 0.25) is 10.0 Å². The van der Waals surface area contributed by atoms with Gasteiger partial charge >= 0.3 is 0 Å². The molecule has 0 aliphatic heterocycles. The number of aromatic hydroxyl groups is 1. The molecule has 0 amide bonds. The van der Waals surface area contributed by atoms with E-state index < -0.39 is 0 Å². The topological polar surface area (TPSA) is 109 Å². The second-order valence-corrected chi connectivity index (χ2v) is 8.22. The van der Waals surface area contributed by atoms with E-state index >= 15 is 0 Å². The molecule has 0 fully saturated rings. The Morgan fingerprint density at radius 3 is 2.72 bits per heavy atom. The predicted octanol–water partition coefficient (Wildman–Crippen LogP) is 5.91. The van der Waals surface area contributed by atoms with Gasteiger partial charge in [0, 0.05) is 29.6 Å². The molecule has 8 nitrogen and oxygen atoms in total. The zero-order valence-corrected chi connectivity index (χ0v) is 16.4. The standard InChI is InChI=1S/C12H12Cl2N4O4S3/c13-7-6-10(19)8(14)5-9(7)15-16-11-17-18-12(25-11)23-3-1-2-4-24-22-21-20/h5-6,19-20H,1-4H2. The van der Waals surface area contributed by atoms with Crippen LogP contribution < -0.4 is 0 Å². The van der Waals surface area contributed by atoms with Crippen molar-refractivity contribution in [3.05, 3.63) is 22.2 Å². The first kappa shape index (κ1) is 20.6. The van der Waals surface area contributed by atoms with Crippen molar-refractivity contribution < 1.29 is 19.7 Å². The van der Waals surface area contributed by atoms with E-state index in [0.717, 1.165) is 35.0 Å². The van der Waals surface area contributed by atoms with Crippen LogP contribution in [0.1, 0.15) is 12.8 Å². The van der Waals surface area contributed by atoms with E-state index in [2.05, 4.69) is 29.8 Å². The summed E-state index contributed by atoms with van der Waals surface area (Å²) in [6.45, 7) is 0. The number of rotatable bonds is 10. The molecule has 2 aromatic rings. The summed E-state index contributed by atoms with van der Waals surface area (Å²) in [5, 5.41) is 37.6. The van der Waals surface area contributed by atoms with Crippen molar-refractivity contribution in [3.63, 3.8) is 0 Å². The van der Waals surface area contributed by atoms with E-state index in [9.17, 15) is 5.11 Å². The summed E-state index contributed by atoms with van der Waals surface area (Å²) in [5.41, 5.74) is 0.334. The molecule has 0 saturated heterocycles. The molecule has 1 heterocycles. The number of aromatic nitrogens is 2. The van der Waals surface area contributed by atoms with Crippen LogP contribution in [0.15, 0.2) is 26.7 Å². The Kier molecular flexibility index (Phi) is 9.20. The summed E-state index contributed by atoms with van der Waals surface area (Å²) in [7, 11) is 0. The van der Waals surface area contributed by atoms with Gasteiger partial charge in [0.15, 0.2) is 4.34 Å². The first-order valence-corrected chi connectivity index (χ1v) is 10.2. The minimum atomic E-state index is -0.117. The summed E-state index contributed by atoms with van der Waals surface area (Å²) in [4.78, 5) is 0. The summed E-state index contributed by atoms with van der Waals surface area (Å²) in [6.07, 6.45) is 1.86. The minimum Gasteiger partial charge on any atom is -0.506 e. The highest BCUT2D eigenvalue weighted by atomic mass is 35.5. The molecule has 0 aliphatic carbocycles. The van der Waals surface area contributed by atoms with Crippen LogP contribution in [0, 0.1) is 0 Å². The lowest BCUT2D eigenvalue weighted by atomic mass is 10.3. The Balaban J connectivity index is 1.80. The normalized spacial score (nSPS) is 11.5. The molecular formula is C12H12Cl2N4O4S3. The van der Waals surface area contributed by atoms with E-state index in [4.69, 9.17) is 28.5 Å². The molecule has 2 rings (SSSR count). The van der Waals surface area contributed by atoms with Crippen LogP contribution in [0.25, 0.3) is 0 Å². The van der Waals surface area contributed by atoms with E-state index in [1.54, 1.807) is 11.8 Å². The molecule has 136 valence electrons. The maximum Gasteiger partial charge on any atom is 0.252 e. The van der Waals surface area contributed by atoms with Crippen molar-refractivity contribution in [2.75, 3.05) is 11.5 Å². The SMILES string of the molecule is OOOSCCCCSc1nnc(N=Nc2cc(Cl)c(O)cc2Cl)s1. The van der Waals surface area contributed by atoms with Gasteiger partial charge in [0.05, 0.1) is 10.0 Å². The molecule has 0 bridgehead atoms. The number of phenolic OH excluding ortho intramolecular Hbond substituents is 1. The molecule has 0 aliphatic rings. The molecule has 1 aromatic heterocycles. The monoisotopic (exact) mass is 442 g/mol. The molecule has 0 radical (unpaired) electrons. The highest BCUT2D eigenvalue weighted by Crippen LogP contribution is 2.36. The lowest BCUT2D eigenvalue weighted by molar-refractivity contribution is -0.432. The number of azo groups is 1. The average Bonchev–Trinajstić information content (AvgIpc) is 3.04. The Bertz CT molecular complexity index is 720. The van der Waals surface area contributed by atoms with Gasteiger partial charge in [0.25, 0.3) is 5.13 Å². The number of nitrogens with zero attached hydrogens (tertiary/aromatic N) is 4. The number of hydrogen-bond acceptors (Lipinski definition) is 11. The van der Waals surface area contributed by atoms with E-state index in [1.807, 2.05) is 0 Å². The van der Waals surface area contributed by atoms with Gasteiger partial charge < -0.3 is 5.11 Å². The number of unbranched alkanes of at least 4 members (excludes halogenated alkanes) is 1. The van der Waals surface area contributed by atoms with Gasteiger partial charge in [-0.2, -0.15) is 0 Å². The van der Waals surface area contributed by atoms with Crippen LogP contribution in [-0.2, 0) is 9.37 Å². The van der Waals surface area contributed by atoms with Gasteiger partial charge in [-0.1, -0.05) is 51.3 Å². The van der Waals surface area contributed by atoms with Crippen LogP contribution in [0.3, 0.4) is 0 Å². The highest BCUT2D eigenvalue weighted by Gasteiger charge is 2.07. The number of phenols is 1. The van der Waals surface area contributed by atoms with Crippen LogP contribution >= 0.6 is 58.3 Å². The van der Waals surface area contributed by atoms with Gasteiger partial charge in [-0.25, -0.2) is 5.26 Å². The van der Waals surface area contributed by atoms with Crippen molar-refractivity contribution in [2.24, 2.45) is 10.2 Å². The van der Waals surface area contributed by atoms with Crippen molar-refractivity contribution in [2.45, 2.75) is 17.2 Å². The zero-order chi connectivity index (χ0) is 18.1. The number of halogens is 2. The highest BCUT2D eigenvalue weighted by molar-refractivity contribution is 8.01. The summed E-state index contributed by atoms with van der Waals surface area (Å²) in [6, 6.07) is 2.72. The number of hydrogen-bond donors (Lipinski definition) is 2. The zero-order valence-electron chi connectivity index (χ0n) is 12.5. The molecule has 2 N–H and O–H groups in total. The summed E-state index contributed by atoms with van der Waals surface area (Å²) >= 11 is 15.7. The van der Waals surface area contributed by atoms with Crippen LogP contribution in [0.4, 0.5) is 10.8 Å². The van der Waals surface area contributed by atoms with Crippen LogP contribution in [0.5, 0.6) is 5.75 Å². The van der Waals surface area contributed by atoms with Crippen molar-refractivity contribution in [3.8, 4) is 5.75 Å². The Morgan fingerprint density at radius 1 is 1.12 bits per heavy atom. The molecule has 0 unspecified atom stereocenters. The molecule has 0 spiro atoms. The third-order valence-electron chi connectivity index (χ3n) is 2.58. The van der Waals surface area contributed by atoms with E-state index in [0.29, 0.717) is 16.6 Å². The third kappa shape index (κ3) is 7.23. The van der Waals surface area contributed by atoms with E-state index in [-0.39, 0.29) is 15.8 Å². The number of thioether (sulfide) groups is 1. The van der Waals surface area contributed by atoms with Gasteiger partial charge in [-0.15, -0.1) is 24.8 Å². The molecule has 25 heavy (non-hydrogen) atoms. The maximum absolute atomic E-state index is 9.44. The lowest BCUT2D eigenvalue weighted by Crippen LogP contribution is -1.86. The van der Waals surface area contributed by atoms with Gasteiger partial charge in [-0.3, -0.25) is 0 Å². The number of benzene rings is 1. The van der Waals surface area contributed by atoms with Crippen molar-refractivity contribution >= 4 is 69.2 Å². The molecule has 0 saturated carbocycles. The maximum atomic E-state index is 9.44. The minimum absolute atomic E-state index is 0.117. The molecule has 13 heteroatoms. The Labute approximate surface area is 165 Å². The Morgan fingerprint density at radius 2 is 1.92 bits per heavy atom. The van der Waals surface area contributed by atoms with Crippen molar-refractivity contribution in [1.82, 2.24) is 10.2 Å². The first-order chi connectivity index (χ1) is 12.1. The fourth-order valence-electron chi connectivity index (χ4n) is 1.48. The molecule has 0 atom stereocenters.